The molecule has 88 valence electrons. The Morgan fingerprint density at radius 2 is 1.88 bits per heavy atom. The maximum Gasteiger partial charge on any atom is 0.127 e. The summed E-state index contributed by atoms with van der Waals surface area (Å²) >= 11 is 0. The lowest BCUT2D eigenvalue weighted by Crippen LogP contribution is -1.93. The molecule has 0 atom stereocenters. The molecule has 2 rings (SSSR count). The number of hydrogen-bond donors (Lipinski definition) is 1. The van der Waals surface area contributed by atoms with Crippen LogP contribution in [-0.4, -0.2) is 16.0 Å². The van der Waals surface area contributed by atoms with Crippen LogP contribution in [0.5, 0.6) is 5.75 Å². The van der Waals surface area contributed by atoms with Gasteiger partial charge in [-0.15, -0.1) is 0 Å². The predicted octanol–water partition coefficient (Wildman–Crippen LogP) is 3.20. The molecular weight excluding hydrogens is 212 g/mol. The van der Waals surface area contributed by atoms with Crippen LogP contribution in [0.4, 0.5) is 0 Å². The molecule has 1 N–H and O–H groups in total. The van der Waals surface area contributed by atoms with Crippen molar-refractivity contribution in [1.82, 2.24) is 4.68 Å². The lowest BCUT2D eigenvalue weighted by Gasteiger charge is -2.09. The number of phenols is 1. The van der Waals surface area contributed by atoms with Crippen LogP contribution < -0.4 is 0 Å². The molecule has 17 heavy (non-hydrogen) atoms. The van der Waals surface area contributed by atoms with E-state index in [-0.39, 0.29) is 0 Å². The smallest absolute Gasteiger partial charge is 0.127 e. The number of hydrogen-bond acceptors (Lipinski definition) is 2. The molecule has 1 heterocycles. The minimum atomic E-state index is 0.301. The summed E-state index contributed by atoms with van der Waals surface area (Å²) in [6.45, 7) is 4.11. The van der Waals surface area contributed by atoms with E-state index in [0.29, 0.717) is 11.7 Å². The average molecular weight is 228 g/mol. The highest BCUT2D eigenvalue weighted by Gasteiger charge is 2.08. The van der Waals surface area contributed by atoms with Gasteiger partial charge in [-0.25, -0.2) is 4.68 Å². The second-order valence-corrected chi connectivity index (χ2v) is 4.25. The van der Waals surface area contributed by atoms with Crippen LogP contribution in [0.25, 0.3) is 0 Å². The zero-order valence-corrected chi connectivity index (χ0v) is 10.0. The first kappa shape index (κ1) is 11.5. The first-order valence-corrected chi connectivity index (χ1v) is 5.67. The molecule has 0 amide bonds. The lowest BCUT2D eigenvalue weighted by molar-refractivity contribution is 0.464. The summed E-state index contributed by atoms with van der Waals surface area (Å²) in [7, 11) is 0. The maximum atomic E-state index is 10.1. The van der Waals surface area contributed by atoms with Gasteiger partial charge in [0.05, 0.1) is 6.21 Å². The maximum absolute atomic E-state index is 10.1. The monoisotopic (exact) mass is 228 g/mol. The van der Waals surface area contributed by atoms with E-state index in [0.717, 1.165) is 11.1 Å². The third kappa shape index (κ3) is 2.56. The van der Waals surface area contributed by atoms with Crippen LogP contribution in [0.1, 0.15) is 30.9 Å². The lowest BCUT2D eigenvalue weighted by atomic mass is 9.99. The van der Waals surface area contributed by atoms with E-state index in [9.17, 15) is 5.11 Å². The van der Waals surface area contributed by atoms with Gasteiger partial charge in [0.1, 0.15) is 5.75 Å². The van der Waals surface area contributed by atoms with Gasteiger partial charge in [0.2, 0.25) is 0 Å². The quantitative estimate of drug-likeness (QED) is 0.805. The highest BCUT2D eigenvalue weighted by molar-refractivity contribution is 5.84. The van der Waals surface area contributed by atoms with E-state index < -0.39 is 0 Å². The summed E-state index contributed by atoms with van der Waals surface area (Å²) in [5.74, 6) is 0.619. The zero-order chi connectivity index (χ0) is 12.3. The third-order valence-electron chi connectivity index (χ3n) is 2.64. The van der Waals surface area contributed by atoms with E-state index in [1.54, 1.807) is 10.9 Å². The molecule has 1 aromatic carbocycles. The largest absolute Gasteiger partial charge is 0.507 e. The molecule has 2 aromatic rings. The topological polar surface area (TPSA) is 37.5 Å². The number of aromatic nitrogens is 1. The Kier molecular flexibility index (Phi) is 3.28. The normalized spacial score (nSPS) is 11.5. The molecule has 0 aliphatic carbocycles. The van der Waals surface area contributed by atoms with Crippen LogP contribution in [0, 0.1) is 0 Å². The van der Waals surface area contributed by atoms with E-state index in [1.165, 1.54) is 0 Å². The van der Waals surface area contributed by atoms with Gasteiger partial charge in [0.15, 0.2) is 0 Å². The summed E-state index contributed by atoms with van der Waals surface area (Å²) in [5.41, 5.74) is 1.69. The van der Waals surface area contributed by atoms with Crippen molar-refractivity contribution >= 4 is 6.21 Å². The fourth-order valence-corrected chi connectivity index (χ4v) is 1.68. The first-order valence-electron chi connectivity index (χ1n) is 5.67. The van der Waals surface area contributed by atoms with Crippen molar-refractivity contribution in [2.75, 3.05) is 0 Å². The van der Waals surface area contributed by atoms with Gasteiger partial charge in [-0.05, 0) is 29.7 Å². The average Bonchev–Trinajstić information content (AvgIpc) is 2.80. The number of rotatable bonds is 3. The van der Waals surface area contributed by atoms with Crippen molar-refractivity contribution < 1.29 is 5.11 Å². The minimum Gasteiger partial charge on any atom is -0.507 e. The van der Waals surface area contributed by atoms with Crippen LogP contribution in [0.3, 0.4) is 0 Å². The first-order chi connectivity index (χ1) is 8.18. The Hall–Kier alpha value is -2.03. The van der Waals surface area contributed by atoms with Gasteiger partial charge in [-0.2, -0.15) is 5.10 Å². The molecule has 0 aliphatic heterocycles. The Balaban J connectivity index is 2.30. The fourth-order valence-electron chi connectivity index (χ4n) is 1.68. The Labute approximate surface area is 101 Å². The number of para-hydroxylation sites is 1. The summed E-state index contributed by atoms with van der Waals surface area (Å²) in [4.78, 5) is 0. The van der Waals surface area contributed by atoms with Gasteiger partial charge < -0.3 is 5.11 Å². The van der Waals surface area contributed by atoms with Gasteiger partial charge in [-0.3, -0.25) is 0 Å². The van der Waals surface area contributed by atoms with Crippen LogP contribution in [-0.2, 0) is 0 Å². The molecule has 1 aromatic heterocycles. The molecule has 0 bridgehead atoms. The van der Waals surface area contributed by atoms with Crippen molar-refractivity contribution in [2.45, 2.75) is 19.8 Å². The van der Waals surface area contributed by atoms with E-state index in [4.69, 9.17) is 0 Å². The summed E-state index contributed by atoms with van der Waals surface area (Å²) in [6.07, 6.45) is 5.36. The third-order valence-corrected chi connectivity index (χ3v) is 2.64. The van der Waals surface area contributed by atoms with Gasteiger partial charge in [-0.1, -0.05) is 26.0 Å². The fraction of sp³-hybridized carbons (Fsp3) is 0.214. The number of nitrogens with zero attached hydrogens (tertiary/aromatic N) is 2. The van der Waals surface area contributed by atoms with Crippen molar-refractivity contribution in [2.24, 2.45) is 5.10 Å². The van der Waals surface area contributed by atoms with Gasteiger partial charge in [0.25, 0.3) is 0 Å². The van der Waals surface area contributed by atoms with Crippen molar-refractivity contribution in [3.63, 3.8) is 0 Å². The molecule has 0 spiro atoms. The Bertz CT molecular complexity index is 513. The predicted molar refractivity (Wildman–Crippen MR) is 69.6 cm³/mol. The van der Waals surface area contributed by atoms with Crippen molar-refractivity contribution in [1.29, 1.82) is 0 Å². The second-order valence-electron chi connectivity index (χ2n) is 4.25. The van der Waals surface area contributed by atoms with Gasteiger partial charge >= 0.3 is 0 Å². The van der Waals surface area contributed by atoms with Crippen molar-refractivity contribution in [3.05, 3.63) is 53.9 Å². The number of benzene rings is 1. The van der Waals surface area contributed by atoms with Crippen LogP contribution >= 0.6 is 0 Å². The van der Waals surface area contributed by atoms with E-state index >= 15 is 0 Å². The highest BCUT2D eigenvalue weighted by atomic mass is 16.3. The molecule has 0 saturated carbocycles. The Morgan fingerprint density at radius 1 is 1.18 bits per heavy atom. The van der Waals surface area contributed by atoms with Crippen LogP contribution in [0.15, 0.2) is 47.8 Å². The van der Waals surface area contributed by atoms with Crippen LogP contribution in [0.2, 0.25) is 0 Å². The summed E-state index contributed by atoms with van der Waals surface area (Å²) < 4.78 is 1.70. The zero-order valence-electron chi connectivity index (χ0n) is 10.0. The molecule has 0 aliphatic rings. The molecular formula is C14H16N2O. The van der Waals surface area contributed by atoms with Gasteiger partial charge in [0, 0.05) is 18.0 Å². The van der Waals surface area contributed by atoms with E-state index in [1.807, 2.05) is 42.7 Å². The molecule has 0 fully saturated rings. The minimum absolute atomic E-state index is 0.301. The van der Waals surface area contributed by atoms with E-state index in [2.05, 4.69) is 18.9 Å². The summed E-state index contributed by atoms with van der Waals surface area (Å²) in [5, 5.41) is 14.3. The summed E-state index contributed by atoms with van der Waals surface area (Å²) in [6, 6.07) is 9.54. The number of phenolic OH excluding ortho intramolecular Hbond substituents is 1. The van der Waals surface area contributed by atoms with Crippen molar-refractivity contribution in [3.8, 4) is 5.75 Å². The molecule has 3 nitrogen and oxygen atoms in total. The second kappa shape index (κ2) is 4.87. The SMILES string of the molecule is CC(C)c1cccc(C=Nn2cccc2)c1O. The molecule has 3 heteroatoms. The number of aromatic hydroxyl groups is 1. The molecule has 0 saturated heterocycles. The standard InChI is InChI=1S/C14H16N2O/c1-11(2)13-7-5-6-12(14(13)17)10-15-16-8-3-4-9-16/h3-11,17H,1-2H3. The highest BCUT2D eigenvalue weighted by Crippen LogP contribution is 2.27. The Morgan fingerprint density at radius 3 is 2.53 bits per heavy atom. The molecule has 0 radical (unpaired) electrons. The molecule has 0 unspecified atom stereocenters.